The van der Waals surface area contributed by atoms with Gasteiger partial charge in [0.25, 0.3) is 0 Å². The lowest BCUT2D eigenvalue weighted by Gasteiger charge is -2.21. The lowest BCUT2D eigenvalue weighted by atomic mass is 10.0. The van der Waals surface area contributed by atoms with Gasteiger partial charge < -0.3 is 4.90 Å². The Balaban J connectivity index is 2.40. The molecule has 0 atom stereocenters. The van der Waals surface area contributed by atoms with Crippen LogP contribution in [0, 0.1) is 0 Å². The van der Waals surface area contributed by atoms with Gasteiger partial charge in [-0.3, -0.25) is 9.59 Å². The summed E-state index contributed by atoms with van der Waals surface area (Å²) in [7, 11) is 1.86. The SMILES string of the molecule is CCN(C)c1c(C2CC2)c(=O)c1=O. The number of hydrogen-bond donors (Lipinski definition) is 0. The first-order valence-electron chi connectivity index (χ1n) is 4.71. The van der Waals surface area contributed by atoms with Crippen molar-refractivity contribution in [2.24, 2.45) is 0 Å². The summed E-state index contributed by atoms with van der Waals surface area (Å²) in [4.78, 5) is 24.4. The molecule has 3 heteroatoms. The highest BCUT2D eigenvalue weighted by molar-refractivity contribution is 5.60. The van der Waals surface area contributed by atoms with E-state index in [4.69, 9.17) is 0 Å². The van der Waals surface area contributed by atoms with Gasteiger partial charge in [-0.2, -0.15) is 0 Å². The molecule has 0 saturated heterocycles. The second kappa shape index (κ2) is 2.69. The van der Waals surface area contributed by atoms with Gasteiger partial charge >= 0.3 is 0 Å². The highest BCUT2D eigenvalue weighted by Gasteiger charge is 2.35. The average Bonchev–Trinajstić information content (AvgIpc) is 2.94. The van der Waals surface area contributed by atoms with Crippen LogP contribution in [0.3, 0.4) is 0 Å². The monoisotopic (exact) mass is 179 g/mol. The Labute approximate surface area is 76.7 Å². The van der Waals surface area contributed by atoms with Crippen LogP contribution in [0.5, 0.6) is 0 Å². The molecule has 0 radical (unpaired) electrons. The minimum absolute atomic E-state index is 0.238. The maximum absolute atomic E-state index is 11.3. The molecule has 1 fully saturated rings. The van der Waals surface area contributed by atoms with Crippen molar-refractivity contribution in [1.82, 2.24) is 0 Å². The van der Waals surface area contributed by atoms with Gasteiger partial charge in [0.1, 0.15) is 0 Å². The van der Waals surface area contributed by atoms with Gasteiger partial charge in [0.05, 0.1) is 5.69 Å². The molecule has 0 aromatic heterocycles. The molecule has 1 aromatic rings. The van der Waals surface area contributed by atoms with Crippen molar-refractivity contribution in [2.75, 3.05) is 18.5 Å². The summed E-state index contributed by atoms with van der Waals surface area (Å²) >= 11 is 0. The van der Waals surface area contributed by atoms with E-state index in [1.54, 1.807) is 0 Å². The fourth-order valence-electron chi connectivity index (χ4n) is 1.69. The van der Waals surface area contributed by atoms with E-state index in [9.17, 15) is 9.59 Å². The summed E-state index contributed by atoms with van der Waals surface area (Å²) in [5.41, 5.74) is 0.952. The van der Waals surface area contributed by atoms with Crippen LogP contribution >= 0.6 is 0 Å². The Morgan fingerprint density at radius 3 is 2.38 bits per heavy atom. The summed E-state index contributed by atoms with van der Waals surface area (Å²) in [6, 6.07) is 0. The fraction of sp³-hybridized carbons (Fsp3) is 0.600. The van der Waals surface area contributed by atoms with Gasteiger partial charge in [0.2, 0.25) is 10.9 Å². The van der Waals surface area contributed by atoms with Crippen molar-refractivity contribution in [1.29, 1.82) is 0 Å². The first-order valence-corrected chi connectivity index (χ1v) is 4.71. The highest BCUT2D eigenvalue weighted by atomic mass is 16.2. The molecule has 0 N–H and O–H groups in total. The minimum Gasteiger partial charge on any atom is -0.371 e. The molecule has 70 valence electrons. The van der Waals surface area contributed by atoms with Gasteiger partial charge in [0, 0.05) is 19.2 Å². The van der Waals surface area contributed by atoms with Gasteiger partial charge in [-0.05, 0) is 25.7 Å². The number of nitrogens with zero attached hydrogens (tertiary/aromatic N) is 1. The van der Waals surface area contributed by atoms with Crippen LogP contribution in [0.15, 0.2) is 9.59 Å². The molecule has 0 amide bonds. The van der Waals surface area contributed by atoms with E-state index >= 15 is 0 Å². The molecule has 1 aliphatic rings. The van der Waals surface area contributed by atoms with Crippen molar-refractivity contribution >= 4 is 5.69 Å². The third-order valence-corrected chi connectivity index (χ3v) is 2.76. The zero-order valence-corrected chi connectivity index (χ0v) is 7.96. The molecule has 2 rings (SSSR count). The number of anilines is 1. The van der Waals surface area contributed by atoms with Gasteiger partial charge in [-0.15, -0.1) is 0 Å². The third-order valence-electron chi connectivity index (χ3n) is 2.76. The van der Waals surface area contributed by atoms with Crippen molar-refractivity contribution in [2.45, 2.75) is 25.7 Å². The smallest absolute Gasteiger partial charge is 0.249 e. The fourth-order valence-corrected chi connectivity index (χ4v) is 1.69. The average molecular weight is 179 g/mol. The quantitative estimate of drug-likeness (QED) is 0.638. The second-order valence-electron chi connectivity index (χ2n) is 3.71. The topological polar surface area (TPSA) is 37.4 Å². The summed E-state index contributed by atoms with van der Waals surface area (Å²) in [6.45, 7) is 2.76. The zero-order chi connectivity index (χ0) is 9.59. The first-order chi connectivity index (χ1) is 6.16. The molecule has 0 heterocycles. The van der Waals surface area contributed by atoms with E-state index in [-0.39, 0.29) is 10.9 Å². The summed E-state index contributed by atoms with van der Waals surface area (Å²) in [5, 5.41) is 0. The molecule has 1 aliphatic carbocycles. The molecule has 0 aliphatic heterocycles. The Bertz CT molecular complexity index is 397. The van der Waals surface area contributed by atoms with E-state index in [2.05, 4.69) is 0 Å². The predicted molar refractivity (Wildman–Crippen MR) is 52.3 cm³/mol. The van der Waals surface area contributed by atoms with E-state index in [0.717, 1.165) is 24.9 Å². The summed E-state index contributed by atoms with van der Waals surface area (Å²) < 4.78 is 0. The third kappa shape index (κ3) is 1.10. The van der Waals surface area contributed by atoms with Crippen LogP contribution < -0.4 is 15.8 Å². The largest absolute Gasteiger partial charge is 0.371 e. The van der Waals surface area contributed by atoms with Crippen LogP contribution in [-0.4, -0.2) is 13.6 Å². The Morgan fingerprint density at radius 2 is 1.92 bits per heavy atom. The normalized spacial score (nSPS) is 16.5. The molecule has 0 bridgehead atoms. The molecular formula is C10H13NO2. The Morgan fingerprint density at radius 1 is 1.31 bits per heavy atom. The predicted octanol–water partition coefficient (Wildman–Crippen LogP) is 0.616. The first kappa shape index (κ1) is 8.48. The standard InChI is InChI=1S/C10H13NO2/c1-3-11(2)8-7(6-4-5-6)9(12)10(8)13/h6H,3-5H2,1-2H3. The molecule has 13 heavy (non-hydrogen) atoms. The van der Waals surface area contributed by atoms with E-state index in [0.29, 0.717) is 11.6 Å². The Hall–Kier alpha value is -1.12. The van der Waals surface area contributed by atoms with Crippen LogP contribution in [0.4, 0.5) is 5.69 Å². The van der Waals surface area contributed by atoms with Crippen molar-refractivity contribution < 1.29 is 0 Å². The summed E-state index contributed by atoms with van der Waals surface area (Å²) in [6.07, 6.45) is 2.16. The Kier molecular flexibility index (Phi) is 1.75. The van der Waals surface area contributed by atoms with Crippen molar-refractivity contribution in [3.05, 3.63) is 26.0 Å². The molecule has 0 spiro atoms. The van der Waals surface area contributed by atoms with Crippen molar-refractivity contribution in [3.63, 3.8) is 0 Å². The molecule has 3 nitrogen and oxygen atoms in total. The van der Waals surface area contributed by atoms with Crippen LogP contribution in [0.1, 0.15) is 31.2 Å². The molecule has 0 unspecified atom stereocenters. The van der Waals surface area contributed by atoms with Crippen molar-refractivity contribution in [3.8, 4) is 0 Å². The van der Waals surface area contributed by atoms with E-state index in [1.807, 2.05) is 18.9 Å². The van der Waals surface area contributed by atoms with Gasteiger partial charge in [-0.1, -0.05) is 0 Å². The molecule has 1 aromatic carbocycles. The zero-order valence-electron chi connectivity index (χ0n) is 7.96. The lowest BCUT2D eigenvalue weighted by molar-refractivity contribution is 0.914. The maximum atomic E-state index is 11.3. The van der Waals surface area contributed by atoms with Crippen LogP contribution in [0.25, 0.3) is 0 Å². The van der Waals surface area contributed by atoms with Crippen LogP contribution in [0.2, 0.25) is 0 Å². The van der Waals surface area contributed by atoms with E-state index in [1.165, 1.54) is 0 Å². The van der Waals surface area contributed by atoms with Gasteiger partial charge in [-0.25, -0.2) is 0 Å². The minimum atomic E-state index is -0.286. The summed E-state index contributed by atoms with van der Waals surface area (Å²) in [5.74, 6) is 0.397. The van der Waals surface area contributed by atoms with E-state index < -0.39 is 0 Å². The highest BCUT2D eigenvalue weighted by Crippen LogP contribution is 2.42. The lowest BCUT2D eigenvalue weighted by Crippen LogP contribution is -2.42. The van der Waals surface area contributed by atoms with Gasteiger partial charge in [0.15, 0.2) is 0 Å². The number of rotatable bonds is 3. The second-order valence-corrected chi connectivity index (χ2v) is 3.71. The molecular weight excluding hydrogens is 166 g/mol. The number of hydrogen-bond acceptors (Lipinski definition) is 3. The van der Waals surface area contributed by atoms with Crippen LogP contribution in [-0.2, 0) is 0 Å². The maximum Gasteiger partial charge on any atom is 0.249 e. The molecule has 1 saturated carbocycles.